The van der Waals surface area contributed by atoms with Gasteiger partial charge in [0.25, 0.3) is 0 Å². The summed E-state index contributed by atoms with van der Waals surface area (Å²) in [4.78, 5) is 44.1. The third-order valence-electron chi connectivity index (χ3n) is 8.99. The number of anilines is 1. The second-order valence-corrected chi connectivity index (χ2v) is 13.5. The molecular weight excluding hydrogens is 570 g/mol. The van der Waals surface area contributed by atoms with Crippen molar-refractivity contribution in [2.24, 2.45) is 11.8 Å². The Kier molecular flexibility index (Phi) is 8.05. The first kappa shape index (κ1) is 28.8. The first-order valence-corrected chi connectivity index (χ1v) is 15.6. The Morgan fingerprint density at radius 3 is 2.38 bits per heavy atom. The molecule has 3 aliphatic heterocycles. The molecule has 2 unspecified atom stereocenters. The summed E-state index contributed by atoms with van der Waals surface area (Å²) in [5.41, 5.74) is 3.25. The van der Waals surface area contributed by atoms with Crippen LogP contribution in [-0.2, 0) is 27.3 Å². The summed E-state index contributed by atoms with van der Waals surface area (Å²) in [6.07, 6.45) is 1.77. The van der Waals surface area contributed by atoms with Crippen molar-refractivity contribution < 1.29 is 19.5 Å². The molecule has 42 heavy (non-hydrogen) atoms. The summed E-state index contributed by atoms with van der Waals surface area (Å²) in [5, 5.41) is 17.1. The van der Waals surface area contributed by atoms with Crippen molar-refractivity contribution in [3.63, 3.8) is 0 Å². The quantitative estimate of drug-likeness (QED) is 0.332. The maximum atomic E-state index is 14.5. The smallest absolute Gasteiger partial charge is 0.248 e. The lowest BCUT2D eigenvalue weighted by Crippen LogP contribution is -2.55. The standard InChI is InChI=1S/C33H34ClN3O4S/c1-20-9-8-14-24(34)28(20)36-31(40)29-33-16-15-25(42-33)26(30(39)35-18-22-12-6-3-7-13-22)27(33)32(41)37(29)23(19-38)17-21-10-4-2-5-11-21/h2-14,23,25-27,29,38H,15-19H2,1H3,(H,35,39)(H,36,40)/t23-,25+,26-,27+,29?,33?/m1/s1. The minimum absolute atomic E-state index is 0.0593. The van der Waals surface area contributed by atoms with Gasteiger partial charge in [-0.2, -0.15) is 0 Å². The number of amides is 3. The molecule has 0 radical (unpaired) electrons. The van der Waals surface area contributed by atoms with Crippen molar-refractivity contribution in [3.8, 4) is 0 Å². The molecule has 7 nitrogen and oxygen atoms in total. The fourth-order valence-electron chi connectivity index (χ4n) is 7.11. The van der Waals surface area contributed by atoms with E-state index in [0.29, 0.717) is 30.1 Å². The predicted octanol–water partition coefficient (Wildman–Crippen LogP) is 4.60. The lowest BCUT2D eigenvalue weighted by atomic mass is 9.70. The molecule has 3 saturated heterocycles. The number of nitrogens with one attached hydrogen (secondary N) is 2. The average Bonchev–Trinajstić information content (AvgIpc) is 3.65. The maximum absolute atomic E-state index is 14.5. The van der Waals surface area contributed by atoms with Gasteiger partial charge in [0, 0.05) is 11.8 Å². The van der Waals surface area contributed by atoms with Gasteiger partial charge in [-0.3, -0.25) is 14.4 Å². The highest BCUT2D eigenvalue weighted by Gasteiger charge is 2.74. The van der Waals surface area contributed by atoms with Crippen LogP contribution in [0.5, 0.6) is 0 Å². The second-order valence-electron chi connectivity index (χ2n) is 11.5. The first-order chi connectivity index (χ1) is 20.3. The van der Waals surface area contributed by atoms with Gasteiger partial charge in [-0.15, -0.1) is 11.8 Å². The lowest BCUT2D eigenvalue weighted by Gasteiger charge is -2.37. The molecule has 3 aromatic rings. The Morgan fingerprint density at radius 2 is 1.71 bits per heavy atom. The van der Waals surface area contributed by atoms with E-state index in [-0.39, 0.29) is 29.6 Å². The second kappa shape index (κ2) is 11.7. The van der Waals surface area contributed by atoms with Gasteiger partial charge in [0.15, 0.2) is 0 Å². The van der Waals surface area contributed by atoms with E-state index in [9.17, 15) is 19.5 Å². The van der Waals surface area contributed by atoms with E-state index < -0.39 is 28.7 Å². The van der Waals surface area contributed by atoms with Gasteiger partial charge in [0.2, 0.25) is 17.7 Å². The highest BCUT2D eigenvalue weighted by Crippen LogP contribution is 2.66. The van der Waals surface area contributed by atoms with Gasteiger partial charge >= 0.3 is 0 Å². The van der Waals surface area contributed by atoms with Gasteiger partial charge in [0.05, 0.1) is 39.9 Å². The number of likely N-dealkylation sites (tertiary alicyclic amines) is 1. The van der Waals surface area contributed by atoms with Crippen LogP contribution in [0.4, 0.5) is 5.69 Å². The van der Waals surface area contributed by atoms with Gasteiger partial charge in [-0.1, -0.05) is 84.4 Å². The Bertz CT molecular complexity index is 1470. The number of benzene rings is 3. The minimum atomic E-state index is -0.867. The van der Waals surface area contributed by atoms with Crippen LogP contribution in [0.25, 0.3) is 0 Å². The molecule has 0 aromatic heterocycles. The van der Waals surface area contributed by atoms with Crippen LogP contribution in [0.1, 0.15) is 29.5 Å². The summed E-state index contributed by atoms with van der Waals surface area (Å²) in [6, 6.07) is 23.2. The van der Waals surface area contributed by atoms with Gasteiger partial charge < -0.3 is 20.6 Å². The number of carbonyl (C=O) groups excluding carboxylic acids is 3. The lowest BCUT2D eigenvalue weighted by molar-refractivity contribution is -0.142. The Labute approximate surface area is 255 Å². The number of halogens is 1. The molecular formula is C33H34ClN3O4S. The van der Waals surface area contributed by atoms with E-state index in [1.54, 1.807) is 22.7 Å². The zero-order chi connectivity index (χ0) is 29.4. The monoisotopic (exact) mass is 603 g/mol. The Balaban J connectivity index is 1.35. The van der Waals surface area contributed by atoms with Crippen LogP contribution in [0.3, 0.4) is 0 Å². The average molecular weight is 604 g/mol. The van der Waals surface area contributed by atoms with Crippen LogP contribution in [0, 0.1) is 18.8 Å². The van der Waals surface area contributed by atoms with Crippen LogP contribution < -0.4 is 10.6 Å². The van der Waals surface area contributed by atoms with Crippen LogP contribution in [0.2, 0.25) is 5.02 Å². The summed E-state index contributed by atoms with van der Waals surface area (Å²) in [7, 11) is 0. The van der Waals surface area contributed by atoms with Crippen molar-refractivity contribution in [3.05, 3.63) is 101 Å². The molecule has 218 valence electrons. The molecule has 3 amide bonds. The molecule has 1 spiro atoms. The van der Waals surface area contributed by atoms with E-state index >= 15 is 0 Å². The van der Waals surface area contributed by atoms with Gasteiger partial charge in [-0.25, -0.2) is 0 Å². The number of nitrogens with zero attached hydrogens (tertiary/aromatic N) is 1. The number of hydrogen-bond donors (Lipinski definition) is 3. The molecule has 0 saturated carbocycles. The summed E-state index contributed by atoms with van der Waals surface area (Å²) in [5.74, 6) is -1.96. The molecule has 9 heteroatoms. The molecule has 0 aliphatic carbocycles. The highest BCUT2D eigenvalue weighted by atomic mass is 35.5. The van der Waals surface area contributed by atoms with Gasteiger partial charge in [-0.05, 0) is 48.9 Å². The zero-order valence-corrected chi connectivity index (χ0v) is 24.9. The predicted molar refractivity (Wildman–Crippen MR) is 165 cm³/mol. The van der Waals surface area contributed by atoms with Crippen LogP contribution >= 0.6 is 23.4 Å². The Hall–Kier alpha value is -3.33. The van der Waals surface area contributed by atoms with Crippen LogP contribution in [-0.4, -0.2) is 56.4 Å². The number of carbonyl (C=O) groups is 3. The van der Waals surface area contributed by atoms with Crippen LogP contribution in [0.15, 0.2) is 78.9 Å². The SMILES string of the molecule is Cc1cccc(Cl)c1NC(=O)C1N([C@@H](CO)Cc2ccccc2)C(=O)[C@@H]2[C@H](C(=O)NCc3ccccc3)[C@@H]3CCC12S3. The summed E-state index contributed by atoms with van der Waals surface area (Å²) >= 11 is 8.09. The summed E-state index contributed by atoms with van der Waals surface area (Å²) in [6.45, 7) is 1.93. The zero-order valence-electron chi connectivity index (χ0n) is 23.3. The number of rotatable bonds is 9. The van der Waals surface area contributed by atoms with Gasteiger partial charge in [0.1, 0.15) is 6.04 Å². The third-order valence-corrected chi connectivity index (χ3v) is 11.3. The normalized spacial score (nSPS) is 26.6. The molecule has 6 atom stereocenters. The molecule has 2 bridgehead atoms. The number of fused-ring (bicyclic) bond motifs is 1. The molecule has 3 N–H and O–H groups in total. The van der Waals surface area contributed by atoms with E-state index in [0.717, 1.165) is 23.1 Å². The molecule has 3 heterocycles. The fourth-order valence-corrected chi connectivity index (χ4v) is 9.58. The number of para-hydroxylation sites is 1. The number of thioether (sulfide) groups is 1. The van der Waals surface area contributed by atoms with Crippen molar-refractivity contribution in [1.29, 1.82) is 0 Å². The van der Waals surface area contributed by atoms with E-state index in [2.05, 4.69) is 10.6 Å². The fraction of sp³-hybridized carbons (Fsp3) is 0.364. The summed E-state index contributed by atoms with van der Waals surface area (Å²) < 4.78 is -0.778. The largest absolute Gasteiger partial charge is 0.394 e. The van der Waals surface area contributed by atoms with E-state index in [4.69, 9.17) is 11.6 Å². The molecule has 3 aromatic carbocycles. The van der Waals surface area contributed by atoms with Crippen molar-refractivity contribution in [2.45, 2.75) is 54.8 Å². The van der Waals surface area contributed by atoms with Crippen molar-refractivity contribution in [1.82, 2.24) is 10.2 Å². The Morgan fingerprint density at radius 1 is 1.02 bits per heavy atom. The number of aliphatic hydroxyl groups excluding tert-OH is 1. The highest BCUT2D eigenvalue weighted by molar-refractivity contribution is 8.02. The maximum Gasteiger partial charge on any atom is 0.248 e. The minimum Gasteiger partial charge on any atom is -0.394 e. The molecule has 3 aliphatic rings. The van der Waals surface area contributed by atoms with E-state index in [1.807, 2.05) is 79.7 Å². The van der Waals surface area contributed by atoms with Crippen molar-refractivity contribution >= 4 is 46.8 Å². The number of hydrogen-bond acceptors (Lipinski definition) is 5. The topological polar surface area (TPSA) is 98.7 Å². The van der Waals surface area contributed by atoms with E-state index in [1.165, 1.54) is 0 Å². The molecule has 3 fully saturated rings. The third kappa shape index (κ3) is 4.99. The number of aliphatic hydroxyl groups is 1. The molecule has 6 rings (SSSR count). The number of aryl methyl sites for hydroxylation is 1. The van der Waals surface area contributed by atoms with Crippen molar-refractivity contribution in [2.75, 3.05) is 11.9 Å². The first-order valence-electron chi connectivity index (χ1n) is 14.4.